The van der Waals surface area contributed by atoms with Gasteiger partial charge in [-0.15, -0.1) is 0 Å². The van der Waals surface area contributed by atoms with E-state index in [2.05, 4.69) is 71.8 Å². The average molecular weight is 288 g/mol. The van der Waals surface area contributed by atoms with E-state index in [1.165, 1.54) is 11.1 Å². The number of anilines is 1. The zero-order valence-electron chi connectivity index (χ0n) is 12.7. The van der Waals surface area contributed by atoms with E-state index in [1.807, 2.05) is 24.4 Å². The first kappa shape index (κ1) is 14.3. The molecule has 1 unspecified atom stereocenters. The molecule has 1 heterocycles. The van der Waals surface area contributed by atoms with Crippen LogP contribution in [0.3, 0.4) is 0 Å². The van der Waals surface area contributed by atoms with Crippen molar-refractivity contribution in [3.05, 3.63) is 95.8 Å². The Kier molecular flexibility index (Phi) is 4.50. The van der Waals surface area contributed by atoms with Crippen LogP contribution in [0.5, 0.6) is 0 Å². The molecule has 0 saturated carbocycles. The first-order chi connectivity index (χ1) is 10.9. The van der Waals surface area contributed by atoms with Crippen LogP contribution in [-0.4, -0.2) is 4.98 Å². The third-order valence-corrected chi connectivity index (χ3v) is 3.79. The highest BCUT2D eigenvalue weighted by Gasteiger charge is 2.14. The number of nitrogens with one attached hydrogen (secondary N) is 1. The van der Waals surface area contributed by atoms with Gasteiger partial charge in [-0.3, -0.25) is 4.98 Å². The van der Waals surface area contributed by atoms with Crippen molar-refractivity contribution in [2.45, 2.75) is 19.4 Å². The number of nitrogens with zero attached hydrogens (tertiary/aromatic N) is 1. The Morgan fingerprint density at radius 3 is 2.23 bits per heavy atom. The Bertz CT molecular complexity index is 651. The van der Waals surface area contributed by atoms with Gasteiger partial charge in [0.1, 0.15) is 0 Å². The first-order valence-corrected chi connectivity index (χ1v) is 7.68. The molecular weight excluding hydrogens is 268 g/mol. The van der Waals surface area contributed by atoms with E-state index < -0.39 is 0 Å². The number of aromatic nitrogens is 1. The normalized spacial score (nSPS) is 11.9. The van der Waals surface area contributed by atoms with E-state index in [4.69, 9.17) is 0 Å². The van der Waals surface area contributed by atoms with Crippen LogP contribution in [0, 0.1) is 0 Å². The largest absolute Gasteiger partial charge is 0.373 e. The van der Waals surface area contributed by atoms with E-state index in [0.717, 1.165) is 17.8 Å². The van der Waals surface area contributed by atoms with Crippen LogP contribution < -0.4 is 5.32 Å². The molecule has 0 aliphatic rings. The van der Waals surface area contributed by atoms with E-state index >= 15 is 0 Å². The highest BCUT2D eigenvalue weighted by atomic mass is 14.9. The van der Waals surface area contributed by atoms with Crippen LogP contribution in [0.2, 0.25) is 0 Å². The van der Waals surface area contributed by atoms with E-state index in [0.29, 0.717) is 0 Å². The predicted molar refractivity (Wildman–Crippen MR) is 92.0 cm³/mol. The molecule has 0 aliphatic heterocycles. The molecule has 1 atom stereocenters. The lowest BCUT2D eigenvalue weighted by Gasteiger charge is -2.20. The van der Waals surface area contributed by atoms with Gasteiger partial charge in [0.2, 0.25) is 0 Å². The van der Waals surface area contributed by atoms with Crippen LogP contribution in [0.4, 0.5) is 5.69 Å². The number of hydrogen-bond acceptors (Lipinski definition) is 2. The second-order valence-electron chi connectivity index (χ2n) is 5.29. The predicted octanol–water partition coefficient (Wildman–Crippen LogP) is 4.85. The van der Waals surface area contributed by atoms with Crippen molar-refractivity contribution in [1.29, 1.82) is 0 Å². The quantitative estimate of drug-likeness (QED) is 0.726. The third kappa shape index (κ3) is 3.34. The summed E-state index contributed by atoms with van der Waals surface area (Å²) in [4.78, 5) is 4.52. The molecule has 0 spiro atoms. The maximum absolute atomic E-state index is 4.52. The topological polar surface area (TPSA) is 24.9 Å². The number of pyridine rings is 1. The summed E-state index contributed by atoms with van der Waals surface area (Å²) in [5, 5.41) is 3.60. The van der Waals surface area contributed by atoms with E-state index in [-0.39, 0.29) is 6.04 Å². The van der Waals surface area contributed by atoms with Crippen LogP contribution >= 0.6 is 0 Å². The van der Waals surface area contributed by atoms with Gasteiger partial charge < -0.3 is 5.32 Å². The van der Waals surface area contributed by atoms with Gasteiger partial charge in [-0.2, -0.15) is 0 Å². The summed E-state index contributed by atoms with van der Waals surface area (Å²) in [6.45, 7) is 2.17. The number of benzene rings is 2. The highest BCUT2D eigenvalue weighted by molar-refractivity contribution is 5.49. The third-order valence-electron chi connectivity index (χ3n) is 3.79. The van der Waals surface area contributed by atoms with Crippen LogP contribution in [0.15, 0.2) is 79.0 Å². The van der Waals surface area contributed by atoms with Gasteiger partial charge in [0, 0.05) is 11.9 Å². The SMILES string of the molecule is CCc1ccc(NC(c2ccccc2)c2ccccn2)cc1. The number of hydrogen-bond donors (Lipinski definition) is 1. The summed E-state index contributed by atoms with van der Waals surface area (Å²) in [7, 11) is 0. The standard InChI is InChI=1S/C20H20N2/c1-2-16-11-13-18(14-12-16)22-20(17-8-4-3-5-9-17)19-10-6-7-15-21-19/h3-15,20,22H,2H2,1H3. The molecule has 1 N–H and O–H groups in total. The lowest BCUT2D eigenvalue weighted by atomic mass is 10.0. The molecular formula is C20H20N2. The van der Waals surface area contributed by atoms with Crippen molar-refractivity contribution in [2.75, 3.05) is 5.32 Å². The fourth-order valence-electron chi connectivity index (χ4n) is 2.52. The summed E-state index contributed by atoms with van der Waals surface area (Å²) in [6, 6.07) is 25.1. The molecule has 3 aromatic rings. The summed E-state index contributed by atoms with van der Waals surface area (Å²) < 4.78 is 0. The molecule has 0 saturated heterocycles. The molecule has 2 aromatic carbocycles. The molecule has 110 valence electrons. The monoisotopic (exact) mass is 288 g/mol. The Hall–Kier alpha value is -2.61. The zero-order chi connectivity index (χ0) is 15.2. The molecule has 0 fully saturated rings. The van der Waals surface area contributed by atoms with Crippen molar-refractivity contribution in [3.8, 4) is 0 Å². The average Bonchev–Trinajstić information content (AvgIpc) is 2.62. The minimum atomic E-state index is 0.0508. The van der Waals surface area contributed by atoms with E-state index in [1.54, 1.807) is 0 Å². The van der Waals surface area contributed by atoms with Gasteiger partial charge in [0.05, 0.1) is 11.7 Å². The number of rotatable bonds is 5. The molecule has 0 radical (unpaired) electrons. The maximum atomic E-state index is 4.52. The van der Waals surface area contributed by atoms with Crippen molar-refractivity contribution in [3.63, 3.8) is 0 Å². The van der Waals surface area contributed by atoms with Gasteiger partial charge in [-0.1, -0.05) is 55.5 Å². The summed E-state index contributed by atoms with van der Waals surface area (Å²) in [5.74, 6) is 0. The van der Waals surface area contributed by atoms with Crippen LogP contribution in [-0.2, 0) is 6.42 Å². The number of aryl methyl sites for hydroxylation is 1. The van der Waals surface area contributed by atoms with Gasteiger partial charge in [-0.25, -0.2) is 0 Å². The fourth-order valence-corrected chi connectivity index (χ4v) is 2.52. The molecule has 22 heavy (non-hydrogen) atoms. The van der Waals surface area contributed by atoms with Crippen LogP contribution in [0.1, 0.15) is 29.8 Å². The summed E-state index contributed by atoms with van der Waals surface area (Å²) in [6.07, 6.45) is 2.90. The Morgan fingerprint density at radius 1 is 0.864 bits per heavy atom. The Morgan fingerprint density at radius 2 is 1.59 bits per heavy atom. The highest BCUT2D eigenvalue weighted by Crippen LogP contribution is 2.25. The van der Waals surface area contributed by atoms with Gasteiger partial charge >= 0.3 is 0 Å². The molecule has 0 bridgehead atoms. The smallest absolute Gasteiger partial charge is 0.0940 e. The zero-order valence-corrected chi connectivity index (χ0v) is 12.7. The van der Waals surface area contributed by atoms with Crippen molar-refractivity contribution >= 4 is 5.69 Å². The fraction of sp³-hybridized carbons (Fsp3) is 0.150. The van der Waals surface area contributed by atoms with Gasteiger partial charge in [0.25, 0.3) is 0 Å². The molecule has 3 rings (SSSR count). The molecule has 1 aromatic heterocycles. The van der Waals surface area contributed by atoms with Crippen molar-refractivity contribution in [2.24, 2.45) is 0 Å². The molecule has 0 amide bonds. The minimum absolute atomic E-state index is 0.0508. The van der Waals surface area contributed by atoms with Crippen LogP contribution in [0.25, 0.3) is 0 Å². The first-order valence-electron chi connectivity index (χ1n) is 7.68. The van der Waals surface area contributed by atoms with Gasteiger partial charge in [0.15, 0.2) is 0 Å². The van der Waals surface area contributed by atoms with Gasteiger partial charge in [-0.05, 0) is 41.8 Å². The second-order valence-corrected chi connectivity index (χ2v) is 5.29. The Labute approximate surface area is 131 Å². The summed E-state index contributed by atoms with van der Waals surface area (Å²) in [5.41, 5.74) is 4.69. The molecule has 2 nitrogen and oxygen atoms in total. The summed E-state index contributed by atoms with van der Waals surface area (Å²) >= 11 is 0. The Balaban J connectivity index is 1.91. The van der Waals surface area contributed by atoms with Crippen molar-refractivity contribution < 1.29 is 0 Å². The lowest BCUT2D eigenvalue weighted by molar-refractivity contribution is 0.887. The lowest BCUT2D eigenvalue weighted by Crippen LogP contribution is -2.13. The van der Waals surface area contributed by atoms with Crippen molar-refractivity contribution in [1.82, 2.24) is 4.98 Å². The molecule has 0 aliphatic carbocycles. The second kappa shape index (κ2) is 6.90. The molecule has 2 heteroatoms. The minimum Gasteiger partial charge on any atom is -0.373 e. The maximum Gasteiger partial charge on any atom is 0.0940 e. The van der Waals surface area contributed by atoms with E-state index in [9.17, 15) is 0 Å².